The van der Waals surface area contributed by atoms with E-state index in [1.807, 2.05) is 31.2 Å². The van der Waals surface area contributed by atoms with Crippen LogP contribution in [0.5, 0.6) is 0 Å². The molecule has 0 bridgehead atoms. The Morgan fingerprint density at radius 1 is 1.33 bits per heavy atom. The number of nitrogen functional groups attached to an aromatic ring is 1. The number of hydrogen-bond donors (Lipinski definition) is 1. The van der Waals surface area contributed by atoms with Gasteiger partial charge in [-0.2, -0.15) is 0 Å². The Labute approximate surface area is 107 Å². The van der Waals surface area contributed by atoms with Gasteiger partial charge in [-0.1, -0.05) is 6.07 Å². The van der Waals surface area contributed by atoms with Gasteiger partial charge in [0.15, 0.2) is 0 Å². The minimum Gasteiger partial charge on any atom is -0.450 e. The lowest BCUT2D eigenvalue weighted by Gasteiger charge is -2.35. The second-order valence-electron chi connectivity index (χ2n) is 4.27. The van der Waals surface area contributed by atoms with Crippen LogP contribution in [0, 0.1) is 0 Å². The van der Waals surface area contributed by atoms with Crippen LogP contribution in [0.4, 0.5) is 16.2 Å². The summed E-state index contributed by atoms with van der Waals surface area (Å²) in [5.74, 6) is 0. The predicted octanol–water partition coefficient (Wildman–Crippen LogP) is 1.55. The number of piperazine rings is 1. The van der Waals surface area contributed by atoms with Gasteiger partial charge in [-0.3, -0.25) is 0 Å². The van der Waals surface area contributed by atoms with E-state index in [1.165, 1.54) is 0 Å². The maximum absolute atomic E-state index is 11.6. The summed E-state index contributed by atoms with van der Waals surface area (Å²) in [4.78, 5) is 15.5. The molecule has 1 heterocycles. The number of amides is 1. The molecule has 0 radical (unpaired) electrons. The third-order valence-corrected chi connectivity index (χ3v) is 3.04. The Bertz CT molecular complexity index is 414. The third-order valence-electron chi connectivity index (χ3n) is 3.04. The van der Waals surface area contributed by atoms with Crippen molar-refractivity contribution in [2.24, 2.45) is 0 Å². The van der Waals surface area contributed by atoms with Crippen molar-refractivity contribution < 1.29 is 9.53 Å². The third kappa shape index (κ3) is 2.85. The summed E-state index contributed by atoms with van der Waals surface area (Å²) in [6, 6.07) is 7.82. The number of anilines is 2. The Balaban J connectivity index is 1.92. The molecule has 1 fully saturated rings. The van der Waals surface area contributed by atoms with Crippen molar-refractivity contribution in [3.05, 3.63) is 24.3 Å². The molecule has 2 N–H and O–H groups in total. The molecule has 1 aliphatic heterocycles. The molecule has 5 nitrogen and oxygen atoms in total. The fourth-order valence-corrected chi connectivity index (χ4v) is 2.08. The van der Waals surface area contributed by atoms with E-state index in [1.54, 1.807) is 4.90 Å². The average Bonchev–Trinajstić information content (AvgIpc) is 2.39. The van der Waals surface area contributed by atoms with Crippen LogP contribution in [0.25, 0.3) is 0 Å². The number of nitrogens with zero attached hydrogens (tertiary/aromatic N) is 2. The van der Waals surface area contributed by atoms with Gasteiger partial charge in [0.25, 0.3) is 0 Å². The van der Waals surface area contributed by atoms with E-state index in [0.29, 0.717) is 19.7 Å². The first-order valence-corrected chi connectivity index (χ1v) is 6.23. The summed E-state index contributed by atoms with van der Waals surface area (Å²) in [6.45, 7) is 5.24. The van der Waals surface area contributed by atoms with Gasteiger partial charge in [0.1, 0.15) is 0 Å². The summed E-state index contributed by atoms with van der Waals surface area (Å²) >= 11 is 0. The van der Waals surface area contributed by atoms with Crippen molar-refractivity contribution in [3.8, 4) is 0 Å². The van der Waals surface area contributed by atoms with Crippen molar-refractivity contribution in [1.29, 1.82) is 0 Å². The zero-order valence-electron chi connectivity index (χ0n) is 10.6. The maximum Gasteiger partial charge on any atom is 0.409 e. The highest BCUT2D eigenvalue weighted by Crippen LogP contribution is 2.19. The van der Waals surface area contributed by atoms with Crippen LogP contribution < -0.4 is 10.6 Å². The molecule has 0 atom stereocenters. The fraction of sp³-hybridized carbons (Fsp3) is 0.462. The Morgan fingerprint density at radius 2 is 2.06 bits per heavy atom. The summed E-state index contributed by atoms with van der Waals surface area (Å²) in [5, 5.41) is 0. The highest BCUT2D eigenvalue weighted by molar-refractivity contribution is 5.68. The van der Waals surface area contributed by atoms with Crippen LogP contribution >= 0.6 is 0 Å². The Hall–Kier alpha value is -1.91. The largest absolute Gasteiger partial charge is 0.450 e. The topological polar surface area (TPSA) is 58.8 Å². The first-order chi connectivity index (χ1) is 8.70. The zero-order chi connectivity index (χ0) is 13.0. The highest BCUT2D eigenvalue weighted by Gasteiger charge is 2.21. The van der Waals surface area contributed by atoms with E-state index < -0.39 is 0 Å². The molecular weight excluding hydrogens is 230 g/mol. The van der Waals surface area contributed by atoms with Crippen LogP contribution in [0.1, 0.15) is 6.92 Å². The molecule has 1 aliphatic rings. The first-order valence-electron chi connectivity index (χ1n) is 6.23. The Kier molecular flexibility index (Phi) is 3.92. The van der Waals surface area contributed by atoms with Gasteiger partial charge in [-0.05, 0) is 25.1 Å². The minimum atomic E-state index is -0.218. The van der Waals surface area contributed by atoms with Crippen LogP contribution in [0.2, 0.25) is 0 Å². The fourth-order valence-electron chi connectivity index (χ4n) is 2.08. The molecular formula is C13H19N3O2. The molecule has 0 aromatic heterocycles. The lowest BCUT2D eigenvalue weighted by Crippen LogP contribution is -2.49. The van der Waals surface area contributed by atoms with E-state index >= 15 is 0 Å². The standard InChI is InChI=1S/C13H19N3O2/c1-2-18-13(17)16-8-6-15(7-9-16)12-5-3-4-11(14)10-12/h3-5,10H,2,6-9,14H2,1H3. The number of ether oxygens (including phenoxy) is 1. The van der Waals surface area contributed by atoms with Gasteiger partial charge in [0, 0.05) is 37.6 Å². The molecule has 0 unspecified atom stereocenters. The number of carbonyl (C=O) groups excluding carboxylic acids is 1. The summed E-state index contributed by atoms with van der Waals surface area (Å²) in [5.41, 5.74) is 7.64. The summed E-state index contributed by atoms with van der Waals surface area (Å²) in [6.07, 6.45) is -0.218. The second kappa shape index (κ2) is 5.62. The van der Waals surface area contributed by atoms with Gasteiger partial charge >= 0.3 is 6.09 Å². The summed E-state index contributed by atoms with van der Waals surface area (Å²) in [7, 11) is 0. The van der Waals surface area contributed by atoms with Crippen LogP contribution in [0.15, 0.2) is 24.3 Å². The molecule has 0 spiro atoms. The van der Waals surface area contributed by atoms with Gasteiger partial charge in [-0.15, -0.1) is 0 Å². The minimum absolute atomic E-state index is 0.218. The lowest BCUT2D eigenvalue weighted by molar-refractivity contribution is 0.105. The van der Waals surface area contributed by atoms with Crippen molar-refractivity contribution in [2.45, 2.75) is 6.92 Å². The maximum atomic E-state index is 11.6. The molecule has 1 aromatic carbocycles. The molecule has 1 aromatic rings. The number of carbonyl (C=O) groups is 1. The van der Waals surface area contributed by atoms with Crippen molar-refractivity contribution in [1.82, 2.24) is 4.90 Å². The molecule has 5 heteroatoms. The zero-order valence-corrected chi connectivity index (χ0v) is 10.6. The molecule has 0 aliphatic carbocycles. The number of benzene rings is 1. The van der Waals surface area contributed by atoms with Crippen LogP contribution in [-0.4, -0.2) is 43.8 Å². The van der Waals surface area contributed by atoms with Gasteiger partial charge in [0.2, 0.25) is 0 Å². The first kappa shape index (κ1) is 12.5. The number of rotatable bonds is 2. The van der Waals surface area contributed by atoms with Crippen LogP contribution in [-0.2, 0) is 4.74 Å². The average molecular weight is 249 g/mol. The van der Waals surface area contributed by atoms with E-state index in [-0.39, 0.29) is 6.09 Å². The summed E-state index contributed by atoms with van der Waals surface area (Å²) < 4.78 is 4.99. The van der Waals surface area contributed by atoms with E-state index in [2.05, 4.69) is 4.90 Å². The van der Waals surface area contributed by atoms with E-state index in [9.17, 15) is 4.79 Å². The molecule has 0 saturated carbocycles. The normalized spacial score (nSPS) is 15.6. The molecule has 98 valence electrons. The SMILES string of the molecule is CCOC(=O)N1CCN(c2cccc(N)c2)CC1. The van der Waals surface area contributed by atoms with E-state index in [0.717, 1.165) is 24.5 Å². The monoisotopic (exact) mass is 249 g/mol. The molecule has 2 rings (SSSR count). The second-order valence-corrected chi connectivity index (χ2v) is 4.27. The van der Waals surface area contributed by atoms with Gasteiger partial charge in [0.05, 0.1) is 6.61 Å². The smallest absolute Gasteiger partial charge is 0.409 e. The van der Waals surface area contributed by atoms with Crippen molar-refractivity contribution >= 4 is 17.5 Å². The van der Waals surface area contributed by atoms with Crippen molar-refractivity contribution in [3.63, 3.8) is 0 Å². The lowest BCUT2D eigenvalue weighted by atomic mass is 10.2. The van der Waals surface area contributed by atoms with Gasteiger partial charge < -0.3 is 20.3 Å². The highest BCUT2D eigenvalue weighted by atomic mass is 16.6. The quantitative estimate of drug-likeness (QED) is 0.808. The molecule has 1 amide bonds. The van der Waals surface area contributed by atoms with Crippen LogP contribution in [0.3, 0.4) is 0 Å². The number of hydrogen-bond acceptors (Lipinski definition) is 4. The van der Waals surface area contributed by atoms with Crippen molar-refractivity contribution in [2.75, 3.05) is 43.4 Å². The van der Waals surface area contributed by atoms with Gasteiger partial charge in [-0.25, -0.2) is 4.79 Å². The number of nitrogens with two attached hydrogens (primary N) is 1. The van der Waals surface area contributed by atoms with E-state index in [4.69, 9.17) is 10.5 Å². The molecule has 1 saturated heterocycles. The molecule has 18 heavy (non-hydrogen) atoms. The predicted molar refractivity (Wildman–Crippen MR) is 71.7 cm³/mol. The Morgan fingerprint density at radius 3 is 2.67 bits per heavy atom.